The van der Waals surface area contributed by atoms with Gasteiger partial charge in [-0.25, -0.2) is 4.39 Å². The van der Waals surface area contributed by atoms with Gasteiger partial charge in [-0.05, 0) is 6.08 Å². The molecule has 0 aromatic carbocycles. The Hall–Kier alpha value is -0.345. The molecule has 0 aliphatic carbocycles. The maximum absolute atomic E-state index is 12.3. The second kappa shape index (κ2) is 2.50. The van der Waals surface area contributed by atoms with E-state index in [1.807, 2.05) is 0 Å². The van der Waals surface area contributed by atoms with E-state index in [0.717, 1.165) is 0 Å². The summed E-state index contributed by atoms with van der Waals surface area (Å²) in [7, 11) is 5.07. The average Bonchev–Trinajstić information content (AvgIpc) is 2.13. The number of hydrogen-bond acceptors (Lipinski definition) is 2. The van der Waals surface area contributed by atoms with Gasteiger partial charge in [0, 0.05) is 0 Å². The molecule has 0 amide bonds. The number of hydrogen-bond donors (Lipinski definition) is 1. The van der Waals surface area contributed by atoms with Gasteiger partial charge in [-0.3, -0.25) is 0 Å². The average molecular weight is 128 g/mol. The molecule has 9 heavy (non-hydrogen) atoms. The Labute approximate surface area is 53.7 Å². The highest BCUT2D eigenvalue weighted by atomic mass is 19.1. The third-order valence-electron chi connectivity index (χ3n) is 1.12. The third kappa shape index (κ3) is 1.31. The summed E-state index contributed by atoms with van der Waals surface area (Å²) in [5.41, 5.74) is 0. The van der Waals surface area contributed by atoms with Crippen molar-refractivity contribution in [1.29, 1.82) is 0 Å². The zero-order chi connectivity index (χ0) is 6.85. The molecule has 0 saturated carbocycles. The van der Waals surface area contributed by atoms with E-state index < -0.39 is 17.9 Å². The van der Waals surface area contributed by atoms with Crippen LogP contribution in [0.1, 0.15) is 0 Å². The lowest BCUT2D eigenvalue weighted by atomic mass is 10.0. The molecular formula is C5H6BFO2. The van der Waals surface area contributed by atoms with Crippen molar-refractivity contribution in [2.75, 3.05) is 6.61 Å². The summed E-state index contributed by atoms with van der Waals surface area (Å²) in [6.07, 6.45) is 0.616. The lowest BCUT2D eigenvalue weighted by Gasteiger charge is -2.06. The molecule has 1 heterocycles. The van der Waals surface area contributed by atoms with Gasteiger partial charge < -0.3 is 9.84 Å². The fourth-order valence-corrected chi connectivity index (χ4v) is 0.661. The van der Waals surface area contributed by atoms with Crippen LogP contribution in [0, 0.1) is 0 Å². The van der Waals surface area contributed by atoms with Gasteiger partial charge in [0.2, 0.25) is 0 Å². The van der Waals surface area contributed by atoms with Crippen molar-refractivity contribution in [3.63, 3.8) is 0 Å². The molecule has 0 saturated heterocycles. The van der Waals surface area contributed by atoms with Crippen LogP contribution in [0.2, 0.25) is 0 Å². The van der Waals surface area contributed by atoms with Crippen LogP contribution in [0.25, 0.3) is 0 Å². The monoisotopic (exact) mass is 128 g/mol. The molecule has 2 atom stereocenters. The molecule has 0 spiro atoms. The highest BCUT2D eigenvalue weighted by Gasteiger charge is 2.21. The molecule has 4 heteroatoms. The molecule has 48 valence electrons. The molecule has 1 N–H and O–H groups in total. The number of ether oxygens (including phenoxy) is 1. The standard InChI is InChI=1S/C5H6BFO2/c6-5-4(7)1-3(2-8)9-5/h1,3,5,8H,2H2. The van der Waals surface area contributed by atoms with E-state index in [0.29, 0.717) is 0 Å². The Morgan fingerprint density at radius 1 is 1.89 bits per heavy atom. The first kappa shape index (κ1) is 6.77. The van der Waals surface area contributed by atoms with Crippen LogP contribution in [-0.2, 0) is 4.74 Å². The fourth-order valence-electron chi connectivity index (χ4n) is 0.661. The third-order valence-corrected chi connectivity index (χ3v) is 1.12. The summed E-state index contributed by atoms with van der Waals surface area (Å²) in [5, 5.41) is 8.41. The van der Waals surface area contributed by atoms with Crippen molar-refractivity contribution in [1.82, 2.24) is 0 Å². The van der Waals surface area contributed by atoms with E-state index >= 15 is 0 Å². The van der Waals surface area contributed by atoms with Gasteiger partial charge in [0.1, 0.15) is 19.8 Å². The predicted molar refractivity (Wildman–Crippen MR) is 30.7 cm³/mol. The molecule has 1 aliphatic rings. The Morgan fingerprint density at radius 3 is 2.78 bits per heavy atom. The molecule has 2 nitrogen and oxygen atoms in total. The van der Waals surface area contributed by atoms with E-state index in [2.05, 4.69) is 4.74 Å². The van der Waals surface area contributed by atoms with Gasteiger partial charge >= 0.3 is 0 Å². The normalized spacial score (nSPS) is 34.7. The number of halogens is 1. The van der Waals surface area contributed by atoms with Crippen molar-refractivity contribution in [3.8, 4) is 0 Å². The summed E-state index contributed by atoms with van der Waals surface area (Å²) >= 11 is 0. The van der Waals surface area contributed by atoms with E-state index in [1.54, 1.807) is 0 Å². The topological polar surface area (TPSA) is 29.5 Å². The first-order valence-corrected chi connectivity index (χ1v) is 2.63. The first-order chi connectivity index (χ1) is 4.24. The lowest BCUT2D eigenvalue weighted by Crippen LogP contribution is -2.15. The molecule has 0 bridgehead atoms. The van der Waals surface area contributed by atoms with Crippen molar-refractivity contribution in [2.45, 2.75) is 12.1 Å². The van der Waals surface area contributed by atoms with E-state index in [-0.39, 0.29) is 6.61 Å². The second-order valence-electron chi connectivity index (χ2n) is 1.83. The molecule has 0 fully saturated rings. The molecule has 1 aliphatic heterocycles. The van der Waals surface area contributed by atoms with Crippen molar-refractivity contribution in [2.24, 2.45) is 0 Å². The van der Waals surface area contributed by atoms with Gasteiger partial charge in [0.15, 0.2) is 0 Å². The Bertz CT molecular complexity index is 137. The van der Waals surface area contributed by atoms with Crippen LogP contribution in [-0.4, -0.2) is 31.7 Å². The van der Waals surface area contributed by atoms with Crippen LogP contribution in [0.5, 0.6) is 0 Å². The lowest BCUT2D eigenvalue weighted by molar-refractivity contribution is 0.0517. The first-order valence-electron chi connectivity index (χ1n) is 2.63. The Morgan fingerprint density at radius 2 is 2.56 bits per heavy atom. The molecule has 0 aromatic heterocycles. The van der Waals surface area contributed by atoms with Gasteiger partial charge in [0.25, 0.3) is 0 Å². The predicted octanol–water partition coefficient (Wildman–Crippen LogP) is -0.275. The summed E-state index contributed by atoms with van der Waals surface area (Å²) in [5.74, 6) is -0.506. The largest absolute Gasteiger partial charge is 0.393 e. The highest BCUT2D eigenvalue weighted by Crippen LogP contribution is 2.17. The second-order valence-corrected chi connectivity index (χ2v) is 1.83. The van der Waals surface area contributed by atoms with Gasteiger partial charge in [-0.1, -0.05) is 0 Å². The minimum absolute atomic E-state index is 0.221. The minimum atomic E-state index is -0.970. The molecule has 2 unspecified atom stereocenters. The van der Waals surface area contributed by atoms with Gasteiger partial charge in [-0.2, -0.15) is 0 Å². The molecule has 2 radical (unpaired) electrons. The maximum Gasteiger partial charge on any atom is 0.118 e. The van der Waals surface area contributed by atoms with Crippen LogP contribution < -0.4 is 0 Å². The SMILES string of the molecule is [B]C1OC(CO)C=C1F. The number of aliphatic hydroxyl groups is 1. The van der Waals surface area contributed by atoms with E-state index in [4.69, 9.17) is 13.0 Å². The van der Waals surface area contributed by atoms with Gasteiger partial charge in [-0.15, -0.1) is 0 Å². The zero-order valence-corrected chi connectivity index (χ0v) is 4.75. The summed E-state index contributed by atoms with van der Waals surface area (Å²) in [6, 6.07) is -0.970. The summed E-state index contributed by atoms with van der Waals surface area (Å²) in [6.45, 7) is -0.221. The van der Waals surface area contributed by atoms with Crippen LogP contribution in [0.4, 0.5) is 4.39 Å². The molecular weight excluding hydrogens is 122 g/mol. The fraction of sp³-hybridized carbons (Fsp3) is 0.600. The highest BCUT2D eigenvalue weighted by molar-refractivity contribution is 6.12. The van der Waals surface area contributed by atoms with Crippen LogP contribution in [0.15, 0.2) is 11.9 Å². The summed E-state index contributed by atoms with van der Waals surface area (Å²) < 4.78 is 16.9. The minimum Gasteiger partial charge on any atom is -0.393 e. The summed E-state index contributed by atoms with van der Waals surface area (Å²) in [4.78, 5) is 0. The maximum atomic E-state index is 12.3. The van der Waals surface area contributed by atoms with Crippen molar-refractivity contribution >= 4 is 7.85 Å². The van der Waals surface area contributed by atoms with Gasteiger partial charge in [0.05, 0.1) is 12.6 Å². The van der Waals surface area contributed by atoms with Crippen molar-refractivity contribution in [3.05, 3.63) is 11.9 Å². The molecule has 0 aromatic rings. The van der Waals surface area contributed by atoms with E-state index in [1.165, 1.54) is 6.08 Å². The number of rotatable bonds is 1. The Balaban J connectivity index is 2.52. The molecule has 1 rings (SSSR count). The smallest absolute Gasteiger partial charge is 0.118 e. The van der Waals surface area contributed by atoms with Crippen LogP contribution >= 0.6 is 0 Å². The quantitative estimate of drug-likeness (QED) is 0.492. The Kier molecular flexibility index (Phi) is 1.88. The number of aliphatic hydroxyl groups excluding tert-OH is 1. The van der Waals surface area contributed by atoms with Crippen LogP contribution in [0.3, 0.4) is 0 Å². The zero-order valence-electron chi connectivity index (χ0n) is 4.75. The van der Waals surface area contributed by atoms with E-state index in [9.17, 15) is 4.39 Å². The van der Waals surface area contributed by atoms with Crippen molar-refractivity contribution < 1.29 is 14.2 Å².